The zero-order valence-corrected chi connectivity index (χ0v) is 20.2. The summed E-state index contributed by atoms with van der Waals surface area (Å²) in [4.78, 5) is 27.0. The van der Waals surface area contributed by atoms with Crippen LogP contribution in [0.1, 0.15) is 49.9 Å². The predicted octanol–water partition coefficient (Wildman–Crippen LogP) is 3.27. The zero-order chi connectivity index (χ0) is 23.8. The van der Waals surface area contributed by atoms with Gasteiger partial charge in [0.05, 0.1) is 12.6 Å². The van der Waals surface area contributed by atoms with Crippen LogP contribution in [0.4, 0.5) is 0 Å². The summed E-state index contributed by atoms with van der Waals surface area (Å²) in [5.41, 5.74) is 0.808. The molecule has 1 atom stereocenters. The molecule has 8 nitrogen and oxygen atoms in total. The average molecular weight is 474 g/mol. The Hall–Kier alpha value is -2.71. The third-order valence-corrected chi connectivity index (χ3v) is 5.91. The standard InChI is InChI=1S/C24H32ClN5O3/c1-17(2)16-20(26-22(31)11-15-33-3)24-28-27-21-10-12-29(13-14-30(21)24)23(32)9-8-18-6-4-5-7-19(18)25/h4-9,17,20H,10-16H2,1-3H3,(H,26,31). The smallest absolute Gasteiger partial charge is 0.246 e. The normalized spacial score (nSPS) is 14.9. The van der Waals surface area contributed by atoms with Crippen LogP contribution in [0.25, 0.3) is 6.08 Å². The number of fused-ring (bicyclic) bond motifs is 1. The van der Waals surface area contributed by atoms with Crippen molar-refractivity contribution in [1.29, 1.82) is 0 Å². The highest BCUT2D eigenvalue weighted by molar-refractivity contribution is 6.32. The molecule has 1 unspecified atom stereocenters. The molecule has 0 spiro atoms. The zero-order valence-electron chi connectivity index (χ0n) is 19.5. The van der Waals surface area contributed by atoms with Crippen molar-refractivity contribution in [1.82, 2.24) is 25.0 Å². The molecule has 1 aromatic heterocycles. The van der Waals surface area contributed by atoms with Gasteiger partial charge in [-0.3, -0.25) is 9.59 Å². The Balaban J connectivity index is 1.70. The molecular weight excluding hydrogens is 442 g/mol. The van der Waals surface area contributed by atoms with Crippen molar-refractivity contribution in [2.24, 2.45) is 5.92 Å². The van der Waals surface area contributed by atoms with Gasteiger partial charge in [0.15, 0.2) is 5.82 Å². The van der Waals surface area contributed by atoms with Gasteiger partial charge in [-0.1, -0.05) is 43.6 Å². The van der Waals surface area contributed by atoms with E-state index in [1.165, 1.54) is 0 Å². The highest BCUT2D eigenvalue weighted by atomic mass is 35.5. The van der Waals surface area contributed by atoms with Gasteiger partial charge in [-0.25, -0.2) is 0 Å². The van der Waals surface area contributed by atoms with E-state index >= 15 is 0 Å². The number of nitrogens with one attached hydrogen (secondary N) is 1. The van der Waals surface area contributed by atoms with E-state index in [1.807, 2.05) is 18.2 Å². The average Bonchev–Trinajstić information content (AvgIpc) is 3.07. The third kappa shape index (κ3) is 6.88. The first-order valence-corrected chi connectivity index (χ1v) is 11.7. The van der Waals surface area contributed by atoms with Gasteiger partial charge in [-0.05, 0) is 30.0 Å². The summed E-state index contributed by atoms with van der Waals surface area (Å²) in [6.07, 6.45) is 4.96. The van der Waals surface area contributed by atoms with Crippen LogP contribution in [-0.2, 0) is 27.3 Å². The van der Waals surface area contributed by atoms with Crippen LogP contribution in [0, 0.1) is 5.92 Å². The summed E-state index contributed by atoms with van der Waals surface area (Å²) in [5, 5.41) is 12.5. The minimum atomic E-state index is -0.238. The van der Waals surface area contributed by atoms with E-state index in [0.717, 1.165) is 23.6 Å². The first kappa shape index (κ1) is 24.9. The van der Waals surface area contributed by atoms with Crippen LogP contribution in [0.15, 0.2) is 30.3 Å². The highest BCUT2D eigenvalue weighted by Gasteiger charge is 2.26. The van der Waals surface area contributed by atoms with Crippen LogP contribution in [0.3, 0.4) is 0 Å². The SMILES string of the molecule is COCCC(=O)NC(CC(C)C)c1nnc2n1CCN(C(=O)C=Cc1ccccc1Cl)CC2. The van der Waals surface area contributed by atoms with Gasteiger partial charge in [0.1, 0.15) is 5.82 Å². The Morgan fingerprint density at radius 3 is 2.73 bits per heavy atom. The quantitative estimate of drug-likeness (QED) is 0.564. The first-order chi connectivity index (χ1) is 15.9. The molecule has 0 radical (unpaired) electrons. The Labute approximate surface area is 200 Å². The fourth-order valence-corrected chi connectivity index (χ4v) is 4.06. The van der Waals surface area contributed by atoms with Gasteiger partial charge < -0.3 is 19.5 Å². The molecule has 178 valence electrons. The van der Waals surface area contributed by atoms with Gasteiger partial charge in [0, 0.05) is 50.7 Å². The van der Waals surface area contributed by atoms with Crippen molar-refractivity contribution in [2.75, 3.05) is 26.8 Å². The van der Waals surface area contributed by atoms with Crippen LogP contribution >= 0.6 is 11.6 Å². The molecule has 2 aromatic rings. The van der Waals surface area contributed by atoms with Gasteiger partial charge in [-0.2, -0.15) is 0 Å². The summed E-state index contributed by atoms with van der Waals surface area (Å²) in [6.45, 7) is 6.26. The topological polar surface area (TPSA) is 89.3 Å². The molecule has 0 aliphatic carbocycles. The number of amides is 2. The molecule has 1 aromatic carbocycles. The molecule has 1 aliphatic rings. The number of hydrogen-bond donors (Lipinski definition) is 1. The molecule has 0 saturated carbocycles. The number of carbonyl (C=O) groups is 2. The minimum Gasteiger partial charge on any atom is -0.384 e. The van der Waals surface area contributed by atoms with Gasteiger partial charge in [-0.15, -0.1) is 10.2 Å². The minimum absolute atomic E-state index is 0.0678. The number of nitrogens with zero attached hydrogens (tertiary/aromatic N) is 4. The summed E-state index contributed by atoms with van der Waals surface area (Å²) in [5.74, 6) is 1.79. The fourth-order valence-electron chi connectivity index (χ4n) is 3.86. The van der Waals surface area contributed by atoms with Crippen LogP contribution < -0.4 is 5.32 Å². The molecule has 2 heterocycles. The van der Waals surface area contributed by atoms with E-state index in [4.69, 9.17) is 16.3 Å². The van der Waals surface area contributed by atoms with E-state index in [9.17, 15) is 9.59 Å². The molecule has 0 saturated heterocycles. The molecule has 2 amide bonds. The maximum Gasteiger partial charge on any atom is 0.246 e. The van der Waals surface area contributed by atoms with E-state index in [1.54, 1.807) is 30.2 Å². The Morgan fingerprint density at radius 1 is 1.21 bits per heavy atom. The molecule has 0 fully saturated rings. The molecule has 33 heavy (non-hydrogen) atoms. The van der Waals surface area contributed by atoms with Crippen molar-refractivity contribution in [3.05, 3.63) is 52.6 Å². The van der Waals surface area contributed by atoms with Crippen LogP contribution in [-0.4, -0.2) is 58.3 Å². The lowest BCUT2D eigenvalue weighted by atomic mass is 10.0. The van der Waals surface area contributed by atoms with E-state index in [-0.39, 0.29) is 17.9 Å². The first-order valence-electron chi connectivity index (χ1n) is 11.3. The maximum atomic E-state index is 12.8. The lowest BCUT2D eigenvalue weighted by Gasteiger charge is -2.22. The van der Waals surface area contributed by atoms with E-state index in [2.05, 4.69) is 33.9 Å². The van der Waals surface area contributed by atoms with Crippen molar-refractivity contribution in [3.63, 3.8) is 0 Å². The fraction of sp³-hybridized carbons (Fsp3) is 0.500. The number of carbonyl (C=O) groups excluding carboxylic acids is 2. The number of rotatable bonds is 9. The number of ether oxygens (including phenoxy) is 1. The Kier molecular flexibility index (Phi) is 9.03. The maximum absolute atomic E-state index is 12.8. The van der Waals surface area contributed by atoms with Gasteiger partial charge in [0.25, 0.3) is 0 Å². The van der Waals surface area contributed by atoms with Gasteiger partial charge >= 0.3 is 0 Å². The summed E-state index contributed by atoms with van der Waals surface area (Å²) >= 11 is 6.18. The number of methoxy groups -OCH3 is 1. The lowest BCUT2D eigenvalue weighted by Crippen LogP contribution is -2.34. The highest BCUT2D eigenvalue weighted by Crippen LogP contribution is 2.23. The number of hydrogen-bond acceptors (Lipinski definition) is 5. The lowest BCUT2D eigenvalue weighted by molar-refractivity contribution is -0.126. The van der Waals surface area contributed by atoms with Gasteiger partial charge in [0.2, 0.25) is 11.8 Å². The monoisotopic (exact) mass is 473 g/mol. The number of halogens is 1. The molecule has 1 aliphatic heterocycles. The predicted molar refractivity (Wildman–Crippen MR) is 128 cm³/mol. The molecular formula is C24H32ClN5O3. The number of benzene rings is 1. The third-order valence-electron chi connectivity index (χ3n) is 5.56. The Bertz CT molecular complexity index is 988. The largest absolute Gasteiger partial charge is 0.384 e. The summed E-state index contributed by atoms with van der Waals surface area (Å²) in [6, 6.07) is 7.18. The Morgan fingerprint density at radius 2 is 2.00 bits per heavy atom. The second-order valence-electron chi connectivity index (χ2n) is 8.55. The summed E-state index contributed by atoms with van der Waals surface area (Å²) in [7, 11) is 1.58. The van der Waals surface area contributed by atoms with Crippen molar-refractivity contribution >= 4 is 29.5 Å². The van der Waals surface area contributed by atoms with Crippen molar-refractivity contribution in [2.45, 2.75) is 45.7 Å². The van der Waals surface area contributed by atoms with Crippen molar-refractivity contribution < 1.29 is 14.3 Å². The molecule has 9 heteroatoms. The van der Waals surface area contributed by atoms with E-state index < -0.39 is 0 Å². The van der Waals surface area contributed by atoms with Crippen LogP contribution in [0.5, 0.6) is 0 Å². The molecule has 1 N–H and O–H groups in total. The second kappa shape index (κ2) is 12.0. The van der Waals surface area contributed by atoms with E-state index in [0.29, 0.717) is 50.0 Å². The molecule has 3 rings (SSSR count). The van der Waals surface area contributed by atoms with Crippen molar-refractivity contribution in [3.8, 4) is 0 Å². The van der Waals surface area contributed by atoms with Crippen LogP contribution in [0.2, 0.25) is 5.02 Å². The number of aromatic nitrogens is 3. The summed E-state index contributed by atoms with van der Waals surface area (Å²) < 4.78 is 7.07. The molecule has 0 bridgehead atoms. The second-order valence-corrected chi connectivity index (χ2v) is 8.96.